The molecule has 0 aliphatic carbocycles. The second-order valence-corrected chi connectivity index (χ2v) is 3.86. The Balaban J connectivity index is 4.37. The van der Waals surface area contributed by atoms with Crippen LogP contribution < -0.4 is 0 Å². The molecule has 0 heterocycles. The highest BCUT2D eigenvalue weighted by molar-refractivity contribution is 6.01. The van der Waals surface area contributed by atoms with Gasteiger partial charge < -0.3 is 9.84 Å². The minimum atomic E-state index is -1.50. The SMILES string of the molecule is C=C(C)C(=O)OCCC(C)(C(C)=O)C(=O)O. The maximum Gasteiger partial charge on any atom is 0.333 e. The molecule has 90 valence electrons. The average molecular weight is 228 g/mol. The molecule has 0 saturated heterocycles. The summed E-state index contributed by atoms with van der Waals surface area (Å²) in [6, 6.07) is 0. The van der Waals surface area contributed by atoms with Gasteiger partial charge in [0, 0.05) is 12.0 Å². The molecule has 0 aromatic carbocycles. The lowest BCUT2D eigenvalue weighted by molar-refractivity contribution is -0.156. The van der Waals surface area contributed by atoms with E-state index in [4.69, 9.17) is 9.84 Å². The summed E-state index contributed by atoms with van der Waals surface area (Å²) in [6.45, 7) is 7.27. The van der Waals surface area contributed by atoms with Gasteiger partial charge in [-0.25, -0.2) is 4.79 Å². The summed E-state index contributed by atoms with van der Waals surface area (Å²) in [4.78, 5) is 33.1. The first-order valence-corrected chi connectivity index (χ1v) is 4.79. The monoisotopic (exact) mass is 228 g/mol. The van der Waals surface area contributed by atoms with Gasteiger partial charge in [0.1, 0.15) is 11.2 Å². The van der Waals surface area contributed by atoms with Gasteiger partial charge in [-0.2, -0.15) is 0 Å². The number of ketones is 1. The van der Waals surface area contributed by atoms with E-state index >= 15 is 0 Å². The number of Topliss-reactive ketones (excluding diaryl/α,β-unsaturated/α-hetero) is 1. The van der Waals surface area contributed by atoms with Gasteiger partial charge in [-0.3, -0.25) is 9.59 Å². The second kappa shape index (κ2) is 5.44. The molecule has 0 amide bonds. The first-order valence-electron chi connectivity index (χ1n) is 4.79. The molecule has 5 heteroatoms. The minimum Gasteiger partial charge on any atom is -0.481 e. The lowest BCUT2D eigenvalue weighted by Crippen LogP contribution is -2.36. The van der Waals surface area contributed by atoms with Gasteiger partial charge in [0.25, 0.3) is 0 Å². The van der Waals surface area contributed by atoms with Crippen molar-refractivity contribution in [1.82, 2.24) is 0 Å². The lowest BCUT2D eigenvalue weighted by Gasteiger charge is -2.20. The molecule has 0 rings (SSSR count). The third-order valence-electron chi connectivity index (χ3n) is 2.43. The van der Waals surface area contributed by atoms with Gasteiger partial charge >= 0.3 is 11.9 Å². The number of hydrogen-bond donors (Lipinski definition) is 1. The highest BCUT2D eigenvalue weighted by Gasteiger charge is 2.38. The van der Waals surface area contributed by atoms with E-state index in [2.05, 4.69) is 6.58 Å². The largest absolute Gasteiger partial charge is 0.481 e. The highest BCUT2D eigenvalue weighted by Crippen LogP contribution is 2.23. The van der Waals surface area contributed by atoms with Gasteiger partial charge in [0.2, 0.25) is 0 Å². The zero-order valence-electron chi connectivity index (χ0n) is 9.70. The lowest BCUT2D eigenvalue weighted by atomic mass is 9.83. The fraction of sp³-hybridized carbons (Fsp3) is 0.545. The van der Waals surface area contributed by atoms with Crippen LogP contribution in [0.2, 0.25) is 0 Å². The number of carbonyl (C=O) groups is 3. The molecule has 0 aromatic rings. The van der Waals surface area contributed by atoms with E-state index in [1.165, 1.54) is 20.8 Å². The molecule has 0 bridgehead atoms. The number of carboxylic acids is 1. The Morgan fingerprint density at radius 3 is 2.12 bits per heavy atom. The number of carbonyl (C=O) groups excluding carboxylic acids is 2. The quantitative estimate of drug-likeness (QED) is 0.419. The predicted octanol–water partition coefficient (Wildman–Crippen LogP) is 1.18. The van der Waals surface area contributed by atoms with Crippen molar-refractivity contribution in [3.8, 4) is 0 Å². The van der Waals surface area contributed by atoms with Crippen LogP contribution in [0.25, 0.3) is 0 Å². The molecule has 0 spiro atoms. The average Bonchev–Trinajstić information content (AvgIpc) is 2.16. The zero-order chi connectivity index (χ0) is 12.9. The second-order valence-electron chi connectivity index (χ2n) is 3.86. The van der Waals surface area contributed by atoms with Crippen LogP contribution in [0.15, 0.2) is 12.2 Å². The standard InChI is InChI=1S/C11H16O5/c1-7(2)9(13)16-6-5-11(4,8(3)12)10(14)15/h1,5-6H2,2-4H3,(H,14,15). The van der Waals surface area contributed by atoms with Crippen LogP contribution in [0, 0.1) is 5.41 Å². The Labute approximate surface area is 94.1 Å². The van der Waals surface area contributed by atoms with Crippen LogP contribution in [-0.4, -0.2) is 29.4 Å². The van der Waals surface area contributed by atoms with Gasteiger partial charge in [0.15, 0.2) is 0 Å². The molecule has 0 aliphatic rings. The normalized spacial score (nSPS) is 13.7. The Kier molecular flexibility index (Phi) is 4.88. The molecule has 1 unspecified atom stereocenters. The van der Waals surface area contributed by atoms with Gasteiger partial charge in [-0.1, -0.05) is 6.58 Å². The summed E-state index contributed by atoms with van der Waals surface area (Å²) >= 11 is 0. The van der Waals surface area contributed by atoms with Crippen molar-refractivity contribution in [2.24, 2.45) is 5.41 Å². The van der Waals surface area contributed by atoms with Gasteiger partial charge in [0.05, 0.1) is 6.61 Å². The first-order chi connectivity index (χ1) is 7.21. The summed E-state index contributed by atoms with van der Waals surface area (Å²) in [7, 11) is 0. The third-order valence-corrected chi connectivity index (χ3v) is 2.43. The Bertz CT molecular complexity index is 315. The van der Waals surface area contributed by atoms with E-state index in [1.54, 1.807) is 0 Å². The van der Waals surface area contributed by atoms with Crippen LogP contribution in [-0.2, 0) is 19.1 Å². The maximum absolute atomic E-state index is 11.2. The molecule has 0 fully saturated rings. The van der Waals surface area contributed by atoms with Crippen molar-refractivity contribution in [3.63, 3.8) is 0 Å². The number of ether oxygens (including phenoxy) is 1. The molecule has 0 aliphatic heterocycles. The molecule has 5 nitrogen and oxygen atoms in total. The zero-order valence-corrected chi connectivity index (χ0v) is 9.70. The van der Waals surface area contributed by atoms with Crippen molar-refractivity contribution in [2.75, 3.05) is 6.61 Å². The summed E-state index contributed by atoms with van der Waals surface area (Å²) in [6.07, 6.45) is -0.0450. The van der Waals surface area contributed by atoms with E-state index in [-0.39, 0.29) is 18.6 Å². The van der Waals surface area contributed by atoms with Gasteiger partial charge in [-0.05, 0) is 20.8 Å². The van der Waals surface area contributed by atoms with E-state index in [0.29, 0.717) is 0 Å². The number of hydrogen-bond acceptors (Lipinski definition) is 4. The van der Waals surface area contributed by atoms with Crippen LogP contribution >= 0.6 is 0 Å². The summed E-state index contributed by atoms with van der Waals surface area (Å²) < 4.78 is 4.75. The first kappa shape index (κ1) is 14.3. The fourth-order valence-electron chi connectivity index (χ4n) is 0.905. The number of esters is 1. The highest BCUT2D eigenvalue weighted by atomic mass is 16.5. The fourth-order valence-corrected chi connectivity index (χ4v) is 0.905. The molecule has 0 aromatic heterocycles. The van der Waals surface area contributed by atoms with Crippen molar-refractivity contribution >= 4 is 17.7 Å². The molecule has 0 radical (unpaired) electrons. The number of aliphatic carboxylic acids is 1. The maximum atomic E-state index is 11.2. The summed E-state index contributed by atoms with van der Waals surface area (Å²) in [5, 5.41) is 8.90. The van der Waals surface area contributed by atoms with E-state index in [9.17, 15) is 14.4 Å². The Hall–Kier alpha value is -1.65. The summed E-state index contributed by atoms with van der Waals surface area (Å²) in [5.41, 5.74) is -1.27. The van der Waals surface area contributed by atoms with E-state index in [1.807, 2.05) is 0 Å². The molecular formula is C11H16O5. The molecule has 1 atom stereocenters. The molecular weight excluding hydrogens is 212 g/mol. The molecule has 0 saturated carbocycles. The number of rotatable bonds is 6. The van der Waals surface area contributed by atoms with Crippen LogP contribution in [0.3, 0.4) is 0 Å². The smallest absolute Gasteiger partial charge is 0.333 e. The third kappa shape index (κ3) is 3.49. The van der Waals surface area contributed by atoms with Crippen molar-refractivity contribution < 1.29 is 24.2 Å². The van der Waals surface area contributed by atoms with Crippen molar-refractivity contribution in [2.45, 2.75) is 27.2 Å². The van der Waals surface area contributed by atoms with E-state index in [0.717, 1.165) is 0 Å². The Morgan fingerprint density at radius 1 is 1.31 bits per heavy atom. The predicted molar refractivity (Wildman–Crippen MR) is 56.8 cm³/mol. The Morgan fingerprint density at radius 2 is 1.81 bits per heavy atom. The summed E-state index contributed by atoms with van der Waals surface area (Å²) in [5.74, 6) is -2.27. The topological polar surface area (TPSA) is 80.7 Å². The molecule has 1 N–H and O–H groups in total. The van der Waals surface area contributed by atoms with E-state index < -0.39 is 23.1 Å². The van der Waals surface area contributed by atoms with Crippen molar-refractivity contribution in [3.05, 3.63) is 12.2 Å². The molecule has 16 heavy (non-hydrogen) atoms. The van der Waals surface area contributed by atoms with Crippen LogP contribution in [0.4, 0.5) is 0 Å². The number of carboxylic acid groups (broad SMARTS) is 1. The van der Waals surface area contributed by atoms with Crippen molar-refractivity contribution in [1.29, 1.82) is 0 Å². The van der Waals surface area contributed by atoms with Gasteiger partial charge in [-0.15, -0.1) is 0 Å². The van der Waals surface area contributed by atoms with Crippen LogP contribution in [0.5, 0.6) is 0 Å². The van der Waals surface area contributed by atoms with Crippen LogP contribution in [0.1, 0.15) is 27.2 Å². The minimum absolute atomic E-state index is 0.0450.